The maximum Gasteiger partial charge on any atom is 0.340 e. The van der Waals surface area contributed by atoms with Gasteiger partial charge in [0.05, 0.1) is 17.7 Å². The lowest BCUT2D eigenvalue weighted by Gasteiger charge is -2.07. The molecule has 1 rings (SSSR count). The quantitative estimate of drug-likeness (QED) is 0.607. The molecule has 0 saturated carbocycles. The van der Waals surface area contributed by atoms with Crippen molar-refractivity contribution in [3.63, 3.8) is 0 Å². The van der Waals surface area contributed by atoms with Crippen molar-refractivity contribution in [3.05, 3.63) is 34.6 Å². The fourth-order valence-electron chi connectivity index (χ4n) is 1.48. The number of ether oxygens (including phenoxy) is 2. The molecule has 22 heavy (non-hydrogen) atoms. The molecular formula is C14H15ClFNO5. The van der Waals surface area contributed by atoms with E-state index in [2.05, 4.69) is 10.1 Å². The van der Waals surface area contributed by atoms with Crippen LogP contribution in [0, 0.1) is 5.82 Å². The fourth-order valence-corrected chi connectivity index (χ4v) is 1.72. The average Bonchev–Trinajstić information content (AvgIpc) is 2.48. The molecule has 0 aliphatic carbocycles. The number of amides is 1. The zero-order valence-electron chi connectivity index (χ0n) is 11.9. The topological polar surface area (TPSA) is 81.7 Å². The van der Waals surface area contributed by atoms with E-state index in [1.54, 1.807) is 0 Å². The first-order chi connectivity index (χ1) is 10.4. The predicted octanol–water partition coefficient (Wildman–Crippen LogP) is 1.71. The van der Waals surface area contributed by atoms with Crippen molar-refractivity contribution in [2.45, 2.75) is 12.8 Å². The lowest BCUT2D eigenvalue weighted by atomic mass is 10.2. The van der Waals surface area contributed by atoms with E-state index in [4.69, 9.17) is 16.3 Å². The van der Waals surface area contributed by atoms with E-state index in [0.29, 0.717) is 6.42 Å². The molecule has 1 amide bonds. The number of hydrogen-bond acceptors (Lipinski definition) is 5. The maximum atomic E-state index is 12.8. The zero-order valence-corrected chi connectivity index (χ0v) is 12.6. The van der Waals surface area contributed by atoms with E-state index < -0.39 is 24.3 Å². The van der Waals surface area contributed by atoms with Crippen LogP contribution in [0.4, 0.5) is 4.39 Å². The van der Waals surface area contributed by atoms with Crippen LogP contribution in [-0.2, 0) is 19.1 Å². The summed E-state index contributed by atoms with van der Waals surface area (Å²) in [5.41, 5.74) is -0.0263. The molecule has 0 heterocycles. The van der Waals surface area contributed by atoms with Gasteiger partial charge >= 0.3 is 11.9 Å². The molecule has 0 fully saturated rings. The van der Waals surface area contributed by atoms with Gasteiger partial charge < -0.3 is 14.8 Å². The number of methoxy groups -OCH3 is 1. The Bertz CT molecular complexity index is 564. The van der Waals surface area contributed by atoms with E-state index in [1.165, 1.54) is 13.2 Å². The zero-order chi connectivity index (χ0) is 16.5. The van der Waals surface area contributed by atoms with E-state index in [1.807, 2.05) is 0 Å². The molecule has 0 radical (unpaired) electrons. The summed E-state index contributed by atoms with van der Waals surface area (Å²) in [5.74, 6) is -2.29. The number of nitrogens with one attached hydrogen (secondary N) is 1. The summed E-state index contributed by atoms with van der Waals surface area (Å²) >= 11 is 5.70. The molecule has 0 aliphatic heterocycles. The fraction of sp³-hybridized carbons (Fsp3) is 0.357. The Morgan fingerprint density at radius 1 is 1.32 bits per heavy atom. The van der Waals surface area contributed by atoms with Crippen LogP contribution in [0.25, 0.3) is 0 Å². The number of esters is 2. The van der Waals surface area contributed by atoms with Gasteiger partial charge in [-0.2, -0.15) is 0 Å². The minimum absolute atomic E-state index is 0.0263. The van der Waals surface area contributed by atoms with Gasteiger partial charge in [-0.15, -0.1) is 0 Å². The van der Waals surface area contributed by atoms with Crippen molar-refractivity contribution < 1.29 is 28.2 Å². The average molecular weight is 332 g/mol. The van der Waals surface area contributed by atoms with Gasteiger partial charge in [-0.3, -0.25) is 9.59 Å². The van der Waals surface area contributed by atoms with Gasteiger partial charge in [-0.1, -0.05) is 11.6 Å². The normalized spacial score (nSPS) is 9.95. The van der Waals surface area contributed by atoms with Gasteiger partial charge in [0.1, 0.15) is 5.82 Å². The number of carbonyl (C=O) groups excluding carboxylic acids is 3. The molecule has 6 nitrogen and oxygen atoms in total. The van der Waals surface area contributed by atoms with Crippen LogP contribution < -0.4 is 5.32 Å². The third-order valence-corrected chi connectivity index (χ3v) is 2.91. The van der Waals surface area contributed by atoms with Crippen molar-refractivity contribution in [2.75, 3.05) is 20.3 Å². The van der Waals surface area contributed by atoms with Gasteiger partial charge in [-0.25, -0.2) is 9.18 Å². The van der Waals surface area contributed by atoms with Crippen LogP contribution in [-0.4, -0.2) is 38.1 Å². The second kappa shape index (κ2) is 8.99. The van der Waals surface area contributed by atoms with Gasteiger partial charge in [0.2, 0.25) is 0 Å². The minimum Gasteiger partial charge on any atom is -0.469 e. The summed E-state index contributed by atoms with van der Waals surface area (Å²) in [5, 5.41) is 2.38. The van der Waals surface area contributed by atoms with Crippen LogP contribution in [0.1, 0.15) is 23.2 Å². The third-order valence-electron chi connectivity index (χ3n) is 2.59. The van der Waals surface area contributed by atoms with Crippen molar-refractivity contribution in [2.24, 2.45) is 0 Å². The first kappa shape index (κ1) is 17.9. The van der Waals surface area contributed by atoms with Crippen LogP contribution in [0.5, 0.6) is 0 Å². The number of carbonyl (C=O) groups is 3. The van der Waals surface area contributed by atoms with Crippen molar-refractivity contribution in [1.82, 2.24) is 5.32 Å². The Hall–Kier alpha value is -2.15. The molecule has 0 unspecified atom stereocenters. The third kappa shape index (κ3) is 6.09. The van der Waals surface area contributed by atoms with E-state index in [9.17, 15) is 18.8 Å². The molecule has 0 atom stereocenters. The Balaban J connectivity index is 2.31. The Morgan fingerprint density at radius 3 is 2.68 bits per heavy atom. The summed E-state index contributed by atoms with van der Waals surface area (Å²) in [7, 11) is 1.28. The lowest BCUT2D eigenvalue weighted by molar-refractivity contribution is -0.140. The van der Waals surface area contributed by atoms with Gasteiger partial charge in [0, 0.05) is 13.0 Å². The maximum absolute atomic E-state index is 12.8. The number of halogens is 2. The predicted molar refractivity (Wildman–Crippen MR) is 76.0 cm³/mol. The van der Waals surface area contributed by atoms with Crippen LogP contribution in [0.15, 0.2) is 18.2 Å². The summed E-state index contributed by atoms with van der Waals surface area (Å²) in [6.45, 7) is -0.243. The summed E-state index contributed by atoms with van der Waals surface area (Å²) in [6, 6.07) is 3.22. The van der Waals surface area contributed by atoms with Gasteiger partial charge in [0.25, 0.3) is 5.91 Å². The van der Waals surface area contributed by atoms with Crippen LogP contribution in [0.2, 0.25) is 5.02 Å². The molecule has 1 aromatic carbocycles. The largest absolute Gasteiger partial charge is 0.469 e. The van der Waals surface area contributed by atoms with E-state index in [0.717, 1.165) is 12.1 Å². The van der Waals surface area contributed by atoms with E-state index >= 15 is 0 Å². The summed E-state index contributed by atoms with van der Waals surface area (Å²) < 4.78 is 22.1. The standard InChI is InChI=1S/C14H15ClFNO5/c1-21-13(19)3-2-6-17-12(18)8-22-14(20)10-5-4-9(16)7-11(10)15/h4-5,7H,2-3,6,8H2,1H3,(H,17,18). The van der Waals surface area contributed by atoms with Gasteiger partial charge in [-0.05, 0) is 24.6 Å². The van der Waals surface area contributed by atoms with Crippen LogP contribution in [0.3, 0.4) is 0 Å². The molecular weight excluding hydrogens is 317 g/mol. The SMILES string of the molecule is COC(=O)CCCNC(=O)COC(=O)c1ccc(F)cc1Cl. The molecule has 0 aliphatic rings. The monoisotopic (exact) mass is 331 g/mol. The second-order valence-corrected chi connectivity index (χ2v) is 4.64. The molecule has 1 aromatic rings. The van der Waals surface area contributed by atoms with Crippen molar-refractivity contribution in [3.8, 4) is 0 Å². The smallest absolute Gasteiger partial charge is 0.340 e. The molecule has 0 bridgehead atoms. The first-order valence-corrected chi connectivity index (χ1v) is 6.77. The highest BCUT2D eigenvalue weighted by molar-refractivity contribution is 6.33. The Morgan fingerprint density at radius 2 is 2.05 bits per heavy atom. The lowest BCUT2D eigenvalue weighted by Crippen LogP contribution is -2.30. The van der Waals surface area contributed by atoms with E-state index in [-0.39, 0.29) is 29.5 Å². The molecule has 0 saturated heterocycles. The molecule has 0 spiro atoms. The highest BCUT2D eigenvalue weighted by atomic mass is 35.5. The minimum atomic E-state index is -0.824. The number of rotatable bonds is 7. The molecule has 8 heteroatoms. The Kier molecular flexibility index (Phi) is 7.31. The summed E-state index contributed by atoms with van der Waals surface area (Å²) in [6.07, 6.45) is 0.595. The van der Waals surface area contributed by atoms with Crippen LogP contribution >= 0.6 is 11.6 Å². The highest BCUT2D eigenvalue weighted by Crippen LogP contribution is 2.17. The second-order valence-electron chi connectivity index (χ2n) is 4.23. The molecule has 0 aromatic heterocycles. The van der Waals surface area contributed by atoms with Gasteiger partial charge in [0.15, 0.2) is 6.61 Å². The van der Waals surface area contributed by atoms with Crippen molar-refractivity contribution in [1.29, 1.82) is 0 Å². The summed E-state index contributed by atoms with van der Waals surface area (Å²) in [4.78, 5) is 33.9. The Labute approximate surface area is 131 Å². The van der Waals surface area contributed by atoms with Crippen molar-refractivity contribution >= 4 is 29.4 Å². The highest BCUT2D eigenvalue weighted by Gasteiger charge is 2.14. The number of hydrogen-bond donors (Lipinski definition) is 1. The molecule has 1 N–H and O–H groups in total. The first-order valence-electron chi connectivity index (χ1n) is 6.39. The number of benzene rings is 1. The molecule has 120 valence electrons.